The summed E-state index contributed by atoms with van der Waals surface area (Å²) in [7, 11) is -1.44. The van der Waals surface area contributed by atoms with Gasteiger partial charge in [0, 0.05) is 0 Å². The van der Waals surface area contributed by atoms with E-state index in [1.165, 1.54) is 0 Å². The monoisotopic (exact) mass is 410 g/mol. The van der Waals surface area contributed by atoms with Crippen LogP contribution in [0.4, 0.5) is 0 Å². The van der Waals surface area contributed by atoms with E-state index in [-0.39, 0.29) is 12.4 Å². The molecule has 0 aliphatic carbocycles. The van der Waals surface area contributed by atoms with Gasteiger partial charge in [0.15, 0.2) is 8.32 Å². The maximum absolute atomic E-state index is 11.1. The van der Waals surface area contributed by atoms with Crippen molar-refractivity contribution in [1.29, 1.82) is 0 Å². The van der Waals surface area contributed by atoms with Crippen LogP contribution in [0.15, 0.2) is 0 Å². The van der Waals surface area contributed by atoms with Crippen LogP contribution in [0.1, 0.15) is 13.3 Å². The molecule has 0 bridgehead atoms. The van der Waals surface area contributed by atoms with E-state index < -0.39 is 8.32 Å². The van der Waals surface area contributed by atoms with Crippen molar-refractivity contribution in [3.05, 3.63) is 0 Å². The molecular weight excluding hydrogens is 372 g/mol. The topological polar surface area (TPSA) is 81.7 Å². The third-order valence-corrected chi connectivity index (χ3v) is 4.08. The Bertz CT molecular complexity index is 336. The van der Waals surface area contributed by atoms with Crippen LogP contribution in [0.3, 0.4) is 0 Å². The van der Waals surface area contributed by atoms with Gasteiger partial charge >= 0.3 is 5.97 Å². The molecule has 0 N–H and O–H groups in total. The average Bonchev–Trinajstić information content (AvgIpc) is 2.60. The van der Waals surface area contributed by atoms with Crippen LogP contribution in [-0.4, -0.2) is 93.6 Å². The van der Waals surface area contributed by atoms with Crippen molar-refractivity contribution in [2.75, 3.05) is 79.3 Å². The van der Waals surface area contributed by atoms with E-state index in [9.17, 15) is 4.79 Å². The lowest BCUT2D eigenvalue weighted by atomic mass is 10.5. The number of ether oxygens (including phenoxy) is 6. The Kier molecular flexibility index (Phi) is 18.4. The molecule has 0 fully saturated rings. The summed E-state index contributed by atoms with van der Waals surface area (Å²) in [4.78, 5) is 11.1. The van der Waals surface area contributed by atoms with E-state index in [0.29, 0.717) is 79.3 Å². The fourth-order valence-corrected chi connectivity index (χ4v) is 2.47. The molecule has 0 saturated carbocycles. The van der Waals surface area contributed by atoms with Crippen LogP contribution in [0.25, 0.3) is 0 Å². The molecule has 0 amide bonds. The van der Waals surface area contributed by atoms with Gasteiger partial charge in [-0.25, -0.2) is 0 Å². The SMILES string of the molecule is CCOC(=O)CCOCCOCCOCCOCCOCCO[Si](C)(C)C. The molecule has 9 heteroatoms. The number of carbonyl (C=O) groups is 1. The van der Waals surface area contributed by atoms with Crippen molar-refractivity contribution in [3.63, 3.8) is 0 Å². The molecule has 0 atom stereocenters. The van der Waals surface area contributed by atoms with E-state index in [1.807, 2.05) is 0 Å². The highest BCUT2D eigenvalue weighted by Crippen LogP contribution is 2.01. The molecule has 0 radical (unpaired) electrons. The molecule has 0 aromatic heterocycles. The Morgan fingerprint density at radius 2 is 1.00 bits per heavy atom. The van der Waals surface area contributed by atoms with Gasteiger partial charge in [-0.3, -0.25) is 4.79 Å². The zero-order valence-electron chi connectivity index (χ0n) is 17.5. The lowest BCUT2D eigenvalue weighted by Gasteiger charge is -2.16. The first-order valence-electron chi connectivity index (χ1n) is 9.64. The van der Waals surface area contributed by atoms with Gasteiger partial charge in [0.25, 0.3) is 0 Å². The van der Waals surface area contributed by atoms with Gasteiger partial charge in [-0.05, 0) is 26.6 Å². The first kappa shape index (κ1) is 26.4. The molecule has 0 saturated heterocycles. The van der Waals surface area contributed by atoms with Gasteiger partial charge in [0.1, 0.15) is 0 Å². The Morgan fingerprint density at radius 1 is 0.630 bits per heavy atom. The first-order valence-corrected chi connectivity index (χ1v) is 13.0. The van der Waals surface area contributed by atoms with Crippen molar-refractivity contribution in [2.45, 2.75) is 33.0 Å². The zero-order valence-corrected chi connectivity index (χ0v) is 18.5. The van der Waals surface area contributed by atoms with Gasteiger partial charge in [-0.2, -0.15) is 0 Å². The summed E-state index contributed by atoms with van der Waals surface area (Å²) in [5.74, 6) is -0.239. The second-order valence-corrected chi connectivity index (χ2v) is 11.1. The highest BCUT2D eigenvalue weighted by molar-refractivity contribution is 6.69. The van der Waals surface area contributed by atoms with Crippen molar-refractivity contribution < 1.29 is 37.6 Å². The predicted molar refractivity (Wildman–Crippen MR) is 105 cm³/mol. The maximum Gasteiger partial charge on any atom is 0.308 e. The fraction of sp³-hybridized carbons (Fsp3) is 0.944. The van der Waals surface area contributed by atoms with Crippen LogP contribution in [-0.2, 0) is 37.6 Å². The van der Waals surface area contributed by atoms with E-state index in [1.54, 1.807) is 6.92 Å². The normalized spacial score (nSPS) is 11.7. The van der Waals surface area contributed by atoms with E-state index in [4.69, 9.17) is 32.8 Å². The minimum absolute atomic E-state index is 0.239. The highest BCUT2D eigenvalue weighted by Gasteiger charge is 2.12. The molecule has 0 aromatic rings. The summed E-state index contributed by atoms with van der Waals surface area (Å²) in [6.45, 7) is 14.4. The Balaban J connectivity index is 3.08. The van der Waals surface area contributed by atoms with Crippen molar-refractivity contribution in [2.24, 2.45) is 0 Å². The fourth-order valence-electron chi connectivity index (χ4n) is 1.78. The van der Waals surface area contributed by atoms with Gasteiger partial charge in [0.2, 0.25) is 0 Å². The average molecular weight is 411 g/mol. The van der Waals surface area contributed by atoms with Gasteiger partial charge in [-0.1, -0.05) is 0 Å². The smallest absolute Gasteiger partial charge is 0.308 e. The second-order valence-electron chi connectivity index (χ2n) is 6.58. The number of hydrogen-bond donors (Lipinski definition) is 0. The summed E-state index contributed by atoms with van der Waals surface area (Å²) in [5.41, 5.74) is 0. The van der Waals surface area contributed by atoms with E-state index >= 15 is 0 Å². The lowest BCUT2D eigenvalue weighted by Crippen LogP contribution is -2.27. The van der Waals surface area contributed by atoms with E-state index in [0.717, 1.165) is 0 Å². The van der Waals surface area contributed by atoms with Crippen molar-refractivity contribution in [3.8, 4) is 0 Å². The Morgan fingerprint density at radius 3 is 1.37 bits per heavy atom. The molecule has 0 aromatic carbocycles. The van der Waals surface area contributed by atoms with Crippen LogP contribution < -0.4 is 0 Å². The van der Waals surface area contributed by atoms with Gasteiger partial charge in [0.05, 0.1) is 85.7 Å². The number of carbonyl (C=O) groups excluding carboxylic acids is 1. The predicted octanol–water partition coefficient (Wildman–Crippen LogP) is 1.87. The van der Waals surface area contributed by atoms with Gasteiger partial charge < -0.3 is 32.8 Å². The molecule has 0 rings (SSSR count). The third kappa shape index (κ3) is 23.4. The Hall–Kier alpha value is -0.553. The summed E-state index contributed by atoms with van der Waals surface area (Å²) >= 11 is 0. The molecule has 8 nitrogen and oxygen atoms in total. The second kappa shape index (κ2) is 18.8. The largest absolute Gasteiger partial charge is 0.466 e. The lowest BCUT2D eigenvalue weighted by molar-refractivity contribution is -0.144. The van der Waals surface area contributed by atoms with Crippen LogP contribution in [0, 0.1) is 0 Å². The molecular formula is C18H38O8Si. The summed E-state index contributed by atoms with van der Waals surface area (Å²) < 4.78 is 37.3. The quantitative estimate of drug-likeness (QED) is 0.171. The zero-order chi connectivity index (χ0) is 20.2. The molecule has 27 heavy (non-hydrogen) atoms. The van der Waals surface area contributed by atoms with Crippen LogP contribution >= 0.6 is 0 Å². The molecule has 162 valence electrons. The third-order valence-electron chi connectivity index (χ3n) is 3.01. The summed E-state index contributed by atoms with van der Waals surface area (Å²) in [5, 5.41) is 0. The van der Waals surface area contributed by atoms with Crippen LogP contribution in [0.2, 0.25) is 19.6 Å². The highest BCUT2D eigenvalue weighted by atomic mass is 28.4. The standard InChI is InChI=1S/C18H38O8Si/c1-5-25-18(19)6-7-20-8-9-21-10-11-22-12-13-23-14-15-24-16-17-26-27(2,3)4/h5-17H2,1-4H3. The molecule has 0 aliphatic rings. The first-order chi connectivity index (χ1) is 13.0. The number of rotatable bonds is 20. The number of esters is 1. The van der Waals surface area contributed by atoms with Crippen molar-refractivity contribution in [1.82, 2.24) is 0 Å². The Labute approximate surface area is 164 Å². The van der Waals surface area contributed by atoms with E-state index in [2.05, 4.69) is 19.6 Å². The van der Waals surface area contributed by atoms with Crippen LogP contribution in [0.5, 0.6) is 0 Å². The molecule has 0 heterocycles. The molecule has 0 unspecified atom stereocenters. The minimum Gasteiger partial charge on any atom is -0.466 e. The number of hydrogen-bond acceptors (Lipinski definition) is 8. The molecule has 0 spiro atoms. The maximum atomic E-state index is 11.1. The van der Waals surface area contributed by atoms with Gasteiger partial charge in [-0.15, -0.1) is 0 Å². The van der Waals surface area contributed by atoms with Crippen molar-refractivity contribution >= 4 is 14.3 Å². The summed E-state index contributed by atoms with van der Waals surface area (Å²) in [6.07, 6.45) is 0.272. The summed E-state index contributed by atoms with van der Waals surface area (Å²) in [6, 6.07) is 0. The molecule has 0 aliphatic heterocycles. The minimum atomic E-state index is -1.44.